The summed E-state index contributed by atoms with van der Waals surface area (Å²) >= 11 is 0. The molecule has 2 aromatic carbocycles. The second-order valence-corrected chi connectivity index (χ2v) is 8.82. The van der Waals surface area contributed by atoms with Crippen molar-refractivity contribution >= 4 is 32.8 Å². The molecule has 0 atom stereocenters. The first-order chi connectivity index (χ1) is 12.9. The van der Waals surface area contributed by atoms with E-state index < -0.39 is 20.4 Å². The number of nitrogens with one attached hydrogen (secondary N) is 1. The minimum atomic E-state index is -3.80. The van der Waals surface area contributed by atoms with Crippen LogP contribution in [0.25, 0.3) is 0 Å². The monoisotopic (exact) mass is 405 g/mol. The number of nitro benzene ring substituents is 1. The molecular weight excluding hydrogens is 382 g/mol. The van der Waals surface area contributed by atoms with Gasteiger partial charge in [-0.2, -0.15) is 0 Å². The Hall–Kier alpha value is -2.94. The molecule has 8 nitrogen and oxygen atoms in total. The molecule has 0 saturated carbocycles. The Kier molecular flexibility index (Phi) is 6.08. The summed E-state index contributed by atoms with van der Waals surface area (Å²) in [5.74, 6) is -0.364. The fraction of sp³-hybridized carbons (Fsp3) is 0.316. The number of carbonyl (C=O) groups is 1. The Morgan fingerprint density at radius 2 is 1.75 bits per heavy atom. The minimum absolute atomic E-state index is 0.0559. The van der Waals surface area contributed by atoms with Gasteiger partial charge in [-0.3, -0.25) is 14.9 Å². The molecular formula is C19H23N3O5S. The summed E-state index contributed by atoms with van der Waals surface area (Å²) in [6, 6.07) is 7.92. The van der Waals surface area contributed by atoms with Gasteiger partial charge in [-0.05, 0) is 44.0 Å². The number of sulfone groups is 1. The Morgan fingerprint density at radius 1 is 1.18 bits per heavy atom. The lowest BCUT2D eigenvalue weighted by atomic mass is 10.1. The number of hydrogen-bond acceptors (Lipinski definition) is 6. The van der Waals surface area contributed by atoms with E-state index in [9.17, 15) is 23.3 Å². The number of anilines is 2. The van der Waals surface area contributed by atoms with Gasteiger partial charge in [-0.15, -0.1) is 0 Å². The van der Waals surface area contributed by atoms with E-state index in [1.54, 1.807) is 0 Å². The van der Waals surface area contributed by atoms with E-state index >= 15 is 0 Å². The molecule has 150 valence electrons. The zero-order valence-corrected chi connectivity index (χ0v) is 17.3. The van der Waals surface area contributed by atoms with Gasteiger partial charge < -0.3 is 10.2 Å². The van der Waals surface area contributed by atoms with E-state index in [-0.39, 0.29) is 23.0 Å². The van der Waals surface area contributed by atoms with E-state index in [1.165, 1.54) is 30.1 Å². The molecule has 0 unspecified atom stereocenters. The SMILES string of the molecule is Cc1cc(C)c(NC(=O)CN(C)c2cccc(S(C)(=O)=O)c2[N+](=O)[O-])c(C)c1. The number of aryl methyl sites for hydroxylation is 3. The standard InChI is InChI=1S/C19H23N3O5S/c1-12-9-13(2)18(14(3)10-12)20-17(23)11-21(4)15-7-6-8-16(28(5,26)27)19(15)22(24)25/h6-10H,11H2,1-5H3,(H,20,23). The van der Waals surface area contributed by atoms with E-state index in [0.717, 1.165) is 22.9 Å². The predicted octanol–water partition coefficient (Wildman–Crippen LogP) is 3.00. The van der Waals surface area contributed by atoms with Crippen molar-refractivity contribution < 1.29 is 18.1 Å². The van der Waals surface area contributed by atoms with Crippen molar-refractivity contribution in [3.8, 4) is 0 Å². The molecule has 0 fully saturated rings. The first-order valence-electron chi connectivity index (χ1n) is 8.48. The van der Waals surface area contributed by atoms with E-state index in [4.69, 9.17) is 0 Å². The number of likely N-dealkylation sites (N-methyl/N-ethyl adjacent to an activating group) is 1. The van der Waals surface area contributed by atoms with Gasteiger partial charge in [0, 0.05) is 19.0 Å². The number of amides is 1. The van der Waals surface area contributed by atoms with Crippen molar-refractivity contribution in [1.29, 1.82) is 0 Å². The second kappa shape index (κ2) is 7.97. The van der Waals surface area contributed by atoms with Crippen LogP contribution in [0.4, 0.5) is 17.1 Å². The highest BCUT2D eigenvalue weighted by atomic mass is 32.2. The minimum Gasteiger partial charge on any atom is -0.360 e. The van der Waals surface area contributed by atoms with Crippen molar-refractivity contribution in [2.24, 2.45) is 0 Å². The van der Waals surface area contributed by atoms with Gasteiger partial charge >= 0.3 is 5.69 Å². The number of nitrogens with zero attached hydrogens (tertiary/aromatic N) is 2. The molecule has 0 bridgehead atoms. The van der Waals surface area contributed by atoms with Crippen LogP contribution in [0.1, 0.15) is 16.7 Å². The van der Waals surface area contributed by atoms with Crippen LogP contribution in [0.2, 0.25) is 0 Å². The zero-order chi connectivity index (χ0) is 21.2. The highest BCUT2D eigenvalue weighted by Crippen LogP contribution is 2.34. The van der Waals surface area contributed by atoms with Gasteiger partial charge in [0.05, 0.1) is 11.5 Å². The fourth-order valence-electron chi connectivity index (χ4n) is 3.16. The maximum absolute atomic E-state index is 12.5. The number of benzene rings is 2. The maximum atomic E-state index is 12.5. The first-order valence-corrected chi connectivity index (χ1v) is 10.4. The molecule has 0 spiro atoms. The molecule has 0 aliphatic heterocycles. The van der Waals surface area contributed by atoms with Crippen LogP contribution >= 0.6 is 0 Å². The molecule has 0 heterocycles. The number of para-hydroxylation sites is 1. The van der Waals surface area contributed by atoms with Gasteiger partial charge in [-0.1, -0.05) is 23.8 Å². The molecule has 9 heteroatoms. The molecule has 2 aromatic rings. The van der Waals surface area contributed by atoms with Crippen molar-refractivity contribution in [1.82, 2.24) is 0 Å². The Labute approximate surface area is 164 Å². The third-order valence-corrected chi connectivity index (χ3v) is 5.42. The molecule has 0 saturated heterocycles. The molecule has 0 aromatic heterocycles. The summed E-state index contributed by atoms with van der Waals surface area (Å²) in [7, 11) is -2.29. The van der Waals surface area contributed by atoms with Crippen molar-refractivity contribution in [2.75, 3.05) is 30.1 Å². The van der Waals surface area contributed by atoms with E-state index in [2.05, 4.69) is 5.32 Å². The van der Waals surface area contributed by atoms with Gasteiger partial charge in [0.1, 0.15) is 10.6 Å². The van der Waals surface area contributed by atoms with Crippen LogP contribution in [0.5, 0.6) is 0 Å². The van der Waals surface area contributed by atoms with Gasteiger partial charge in [-0.25, -0.2) is 8.42 Å². The third-order valence-electron chi connectivity index (χ3n) is 4.29. The smallest absolute Gasteiger partial charge is 0.311 e. The van der Waals surface area contributed by atoms with E-state index in [0.29, 0.717) is 5.69 Å². The Morgan fingerprint density at radius 3 is 2.25 bits per heavy atom. The highest BCUT2D eigenvalue weighted by molar-refractivity contribution is 7.90. The first kappa shape index (κ1) is 21.4. The molecule has 1 amide bonds. The topological polar surface area (TPSA) is 110 Å². The van der Waals surface area contributed by atoms with Crippen LogP contribution < -0.4 is 10.2 Å². The maximum Gasteiger partial charge on any atom is 0.311 e. The van der Waals surface area contributed by atoms with Gasteiger partial charge in [0.15, 0.2) is 9.84 Å². The van der Waals surface area contributed by atoms with Crippen molar-refractivity contribution in [2.45, 2.75) is 25.7 Å². The Balaban J connectivity index is 2.32. The lowest BCUT2D eigenvalue weighted by molar-refractivity contribution is -0.387. The summed E-state index contributed by atoms with van der Waals surface area (Å²) in [6.45, 7) is 5.56. The number of rotatable bonds is 6. The van der Waals surface area contributed by atoms with Gasteiger partial charge in [0.2, 0.25) is 5.91 Å². The van der Waals surface area contributed by atoms with E-state index in [1.807, 2.05) is 32.9 Å². The molecule has 0 aliphatic rings. The van der Waals surface area contributed by atoms with Crippen LogP contribution in [0.15, 0.2) is 35.2 Å². The van der Waals surface area contributed by atoms with Crippen LogP contribution in [-0.4, -0.2) is 39.1 Å². The number of nitro groups is 1. The average Bonchev–Trinajstić information content (AvgIpc) is 2.56. The van der Waals surface area contributed by atoms with Crippen LogP contribution in [0, 0.1) is 30.9 Å². The van der Waals surface area contributed by atoms with Crippen LogP contribution in [0.3, 0.4) is 0 Å². The molecule has 1 N–H and O–H groups in total. The molecule has 2 rings (SSSR count). The average molecular weight is 405 g/mol. The number of carbonyl (C=O) groups excluding carboxylic acids is 1. The lowest BCUT2D eigenvalue weighted by Crippen LogP contribution is -2.31. The second-order valence-electron chi connectivity index (χ2n) is 6.83. The quantitative estimate of drug-likeness (QED) is 0.584. The predicted molar refractivity (Wildman–Crippen MR) is 109 cm³/mol. The third kappa shape index (κ3) is 4.66. The summed E-state index contributed by atoms with van der Waals surface area (Å²) in [5.41, 5.74) is 3.13. The summed E-state index contributed by atoms with van der Waals surface area (Å²) in [5, 5.41) is 14.3. The summed E-state index contributed by atoms with van der Waals surface area (Å²) < 4.78 is 23.8. The molecule has 0 aliphatic carbocycles. The number of hydrogen-bond donors (Lipinski definition) is 1. The molecule has 28 heavy (non-hydrogen) atoms. The van der Waals surface area contributed by atoms with Crippen LogP contribution in [-0.2, 0) is 14.6 Å². The lowest BCUT2D eigenvalue weighted by Gasteiger charge is -2.20. The van der Waals surface area contributed by atoms with Crippen molar-refractivity contribution in [3.05, 3.63) is 57.1 Å². The normalized spacial score (nSPS) is 11.2. The van der Waals surface area contributed by atoms with Gasteiger partial charge in [0.25, 0.3) is 0 Å². The molecule has 0 radical (unpaired) electrons. The largest absolute Gasteiger partial charge is 0.360 e. The highest BCUT2D eigenvalue weighted by Gasteiger charge is 2.28. The van der Waals surface area contributed by atoms with Crippen molar-refractivity contribution in [3.63, 3.8) is 0 Å². The zero-order valence-electron chi connectivity index (χ0n) is 16.4. The summed E-state index contributed by atoms with van der Waals surface area (Å²) in [4.78, 5) is 24.3. The Bertz CT molecular complexity index is 1020. The summed E-state index contributed by atoms with van der Waals surface area (Å²) in [6.07, 6.45) is 0.911. The fourth-order valence-corrected chi connectivity index (χ4v) is 4.01.